The Labute approximate surface area is 158 Å². The number of pyridine rings is 1. The Morgan fingerprint density at radius 1 is 1.15 bits per heavy atom. The van der Waals surface area contributed by atoms with Crippen molar-refractivity contribution in [2.75, 3.05) is 27.3 Å². The van der Waals surface area contributed by atoms with Gasteiger partial charge in [0, 0.05) is 31.9 Å². The Balaban J connectivity index is 1.45. The van der Waals surface area contributed by atoms with Crippen LogP contribution in [0.4, 0.5) is 0 Å². The number of nitrogens with one attached hydrogen (secondary N) is 1. The third kappa shape index (κ3) is 4.91. The van der Waals surface area contributed by atoms with Crippen LogP contribution in [0.3, 0.4) is 0 Å². The summed E-state index contributed by atoms with van der Waals surface area (Å²) in [6, 6.07) is 11.8. The van der Waals surface area contributed by atoms with E-state index in [0.29, 0.717) is 19.0 Å². The highest BCUT2D eigenvalue weighted by Crippen LogP contribution is 2.27. The van der Waals surface area contributed by atoms with Gasteiger partial charge in [-0.3, -0.25) is 4.99 Å². The standard InChI is InChI=1S/C20H25N5O2/c1-26-17-7-6-15(13-18(17)27-2)8-10-22-20(21)23-11-9-16-14-25-12-4-3-5-19(25)24-16/h3-7,12-14H,8-11H2,1-2H3,(H3,21,22,23). The van der Waals surface area contributed by atoms with Gasteiger partial charge in [-0.1, -0.05) is 12.1 Å². The third-order valence-corrected chi connectivity index (χ3v) is 4.23. The molecule has 27 heavy (non-hydrogen) atoms. The van der Waals surface area contributed by atoms with Crippen molar-refractivity contribution >= 4 is 11.6 Å². The molecule has 2 heterocycles. The smallest absolute Gasteiger partial charge is 0.188 e. The van der Waals surface area contributed by atoms with E-state index in [1.807, 2.05) is 53.2 Å². The maximum Gasteiger partial charge on any atom is 0.188 e. The maximum atomic E-state index is 5.95. The molecule has 0 aliphatic heterocycles. The number of fused-ring (bicyclic) bond motifs is 1. The monoisotopic (exact) mass is 367 g/mol. The van der Waals surface area contributed by atoms with E-state index in [0.717, 1.165) is 41.2 Å². The number of nitrogens with two attached hydrogens (primary N) is 1. The second-order valence-electron chi connectivity index (χ2n) is 6.08. The highest BCUT2D eigenvalue weighted by atomic mass is 16.5. The number of hydrogen-bond acceptors (Lipinski definition) is 4. The summed E-state index contributed by atoms with van der Waals surface area (Å²) in [4.78, 5) is 8.92. The van der Waals surface area contributed by atoms with Crippen LogP contribution in [0.2, 0.25) is 0 Å². The first-order chi connectivity index (χ1) is 13.2. The normalized spacial score (nSPS) is 11.6. The first kappa shape index (κ1) is 18.6. The fourth-order valence-electron chi connectivity index (χ4n) is 2.83. The van der Waals surface area contributed by atoms with E-state index in [1.165, 1.54) is 0 Å². The molecule has 7 heteroatoms. The van der Waals surface area contributed by atoms with Crippen molar-refractivity contribution in [2.45, 2.75) is 12.8 Å². The molecule has 0 radical (unpaired) electrons. The molecule has 0 aliphatic carbocycles. The summed E-state index contributed by atoms with van der Waals surface area (Å²) in [5.41, 5.74) is 9.03. The highest BCUT2D eigenvalue weighted by molar-refractivity contribution is 5.77. The largest absolute Gasteiger partial charge is 0.493 e. The zero-order valence-electron chi connectivity index (χ0n) is 15.7. The topological polar surface area (TPSA) is 86.2 Å². The summed E-state index contributed by atoms with van der Waals surface area (Å²) in [5.74, 6) is 1.89. The van der Waals surface area contributed by atoms with E-state index in [-0.39, 0.29) is 0 Å². The molecule has 0 unspecified atom stereocenters. The molecule has 3 aromatic rings. The minimum absolute atomic E-state index is 0.444. The molecule has 7 nitrogen and oxygen atoms in total. The van der Waals surface area contributed by atoms with Crippen molar-refractivity contribution in [3.8, 4) is 11.5 Å². The van der Waals surface area contributed by atoms with Crippen molar-refractivity contribution in [2.24, 2.45) is 10.7 Å². The average Bonchev–Trinajstić information content (AvgIpc) is 3.10. The van der Waals surface area contributed by atoms with Crippen LogP contribution < -0.4 is 20.5 Å². The Morgan fingerprint density at radius 3 is 2.78 bits per heavy atom. The van der Waals surface area contributed by atoms with Crippen LogP contribution in [0.1, 0.15) is 11.3 Å². The molecule has 0 spiro atoms. The summed E-state index contributed by atoms with van der Waals surface area (Å²) in [6.45, 7) is 1.29. The van der Waals surface area contributed by atoms with Crippen molar-refractivity contribution in [1.29, 1.82) is 0 Å². The van der Waals surface area contributed by atoms with Crippen LogP contribution >= 0.6 is 0 Å². The van der Waals surface area contributed by atoms with Crippen LogP contribution in [0, 0.1) is 0 Å². The molecule has 0 bridgehead atoms. The lowest BCUT2D eigenvalue weighted by molar-refractivity contribution is 0.354. The lowest BCUT2D eigenvalue weighted by Gasteiger charge is -2.10. The van der Waals surface area contributed by atoms with E-state index in [1.54, 1.807) is 14.2 Å². The molecule has 3 rings (SSSR count). The molecule has 1 aromatic carbocycles. The summed E-state index contributed by atoms with van der Waals surface area (Å²) < 4.78 is 12.6. The quantitative estimate of drug-likeness (QED) is 0.470. The van der Waals surface area contributed by atoms with E-state index >= 15 is 0 Å². The Morgan fingerprint density at radius 2 is 2.00 bits per heavy atom. The zero-order valence-corrected chi connectivity index (χ0v) is 15.7. The number of rotatable bonds is 8. The van der Waals surface area contributed by atoms with Gasteiger partial charge in [-0.2, -0.15) is 0 Å². The van der Waals surface area contributed by atoms with Gasteiger partial charge in [0.15, 0.2) is 17.5 Å². The van der Waals surface area contributed by atoms with Gasteiger partial charge in [-0.05, 0) is 36.2 Å². The number of guanidine groups is 1. The fraction of sp³-hybridized carbons (Fsp3) is 0.300. The zero-order chi connectivity index (χ0) is 19.1. The predicted octanol–water partition coefficient (Wildman–Crippen LogP) is 2.04. The molecular formula is C20H25N5O2. The summed E-state index contributed by atoms with van der Waals surface area (Å²) >= 11 is 0. The van der Waals surface area contributed by atoms with Crippen LogP contribution in [0.15, 0.2) is 53.8 Å². The van der Waals surface area contributed by atoms with Crippen molar-refractivity contribution < 1.29 is 9.47 Å². The number of nitrogens with zero attached hydrogens (tertiary/aromatic N) is 3. The minimum atomic E-state index is 0.444. The molecule has 3 N–H and O–H groups in total. The predicted molar refractivity (Wildman–Crippen MR) is 107 cm³/mol. The summed E-state index contributed by atoms with van der Waals surface area (Å²) in [6.07, 6.45) is 5.56. The average molecular weight is 367 g/mol. The number of aromatic nitrogens is 2. The second-order valence-corrected chi connectivity index (χ2v) is 6.08. The van der Waals surface area contributed by atoms with Gasteiger partial charge in [-0.15, -0.1) is 0 Å². The van der Waals surface area contributed by atoms with Gasteiger partial charge in [0.25, 0.3) is 0 Å². The highest BCUT2D eigenvalue weighted by Gasteiger charge is 2.04. The molecule has 142 valence electrons. The van der Waals surface area contributed by atoms with Crippen LogP contribution in [0.25, 0.3) is 5.65 Å². The number of hydrogen-bond donors (Lipinski definition) is 2. The maximum absolute atomic E-state index is 5.95. The first-order valence-corrected chi connectivity index (χ1v) is 8.87. The van der Waals surface area contributed by atoms with E-state index in [9.17, 15) is 0 Å². The van der Waals surface area contributed by atoms with E-state index in [2.05, 4.69) is 15.3 Å². The van der Waals surface area contributed by atoms with Crippen molar-refractivity contribution in [3.63, 3.8) is 0 Å². The van der Waals surface area contributed by atoms with Crippen LogP contribution in [-0.2, 0) is 12.8 Å². The molecule has 0 fully saturated rings. The minimum Gasteiger partial charge on any atom is -0.493 e. The molecule has 0 saturated carbocycles. The van der Waals surface area contributed by atoms with E-state index in [4.69, 9.17) is 15.2 Å². The number of aliphatic imine (C=N–C) groups is 1. The summed E-state index contributed by atoms with van der Waals surface area (Å²) in [7, 11) is 3.26. The van der Waals surface area contributed by atoms with E-state index < -0.39 is 0 Å². The van der Waals surface area contributed by atoms with Crippen LogP contribution in [0.5, 0.6) is 11.5 Å². The van der Waals surface area contributed by atoms with Crippen LogP contribution in [-0.4, -0.2) is 42.7 Å². The molecule has 0 aliphatic rings. The SMILES string of the molecule is COc1ccc(CCNC(N)=NCCc2cn3ccccc3n2)cc1OC. The Kier molecular flexibility index (Phi) is 6.14. The van der Waals surface area contributed by atoms with Gasteiger partial charge in [0.1, 0.15) is 5.65 Å². The molecular weight excluding hydrogens is 342 g/mol. The molecule has 2 aromatic heterocycles. The van der Waals surface area contributed by atoms with Crippen molar-refractivity contribution in [3.05, 3.63) is 60.0 Å². The lowest BCUT2D eigenvalue weighted by Crippen LogP contribution is -2.33. The molecule has 0 atom stereocenters. The van der Waals surface area contributed by atoms with Gasteiger partial charge in [0.05, 0.1) is 19.9 Å². The second kappa shape index (κ2) is 8.93. The Hall–Kier alpha value is -3.22. The molecule has 0 saturated heterocycles. The third-order valence-electron chi connectivity index (χ3n) is 4.23. The van der Waals surface area contributed by atoms with Gasteiger partial charge < -0.3 is 24.9 Å². The van der Waals surface area contributed by atoms with Gasteiger partial charge >= 0.3 is 0 Å². The fourth-order valence-corrected chi connectivity index (χ4v) is 2.83. The number of methoxy groups -OCH3 is 2. The summed E-state index contributed by atoms with van der Waals surface area (Å²) in [5, 5.41) is 3.14. The molecule has 0 amide bonds. The van der Waals surface area contributed by atoms with Crippen molar-refractivity contribution in [1.82, 2.24) is 14.7 Å². The van der Waals surface area contributed by atoms with Gasteiger partial charge in [-0.25, -0.2) is 4.98 Å². The van der Waals surface area contributed by atoms with Gasteiger partial charge in [0.2, 0.25) is 0 Å². The number of benzene rings is 1. The number of imidazole rings is 1. The number of ether oxygens (including phenoxy) is 2. The first-order valence-electron chi connectivity index (χ1n) is 8.87. The Bertz CT molecular complexity index is 887. The lowest BCUT2D eigenvalue weighted by atomic mass is 10.1.